The fourth-order valence-electron chi connectivity index (χ4n) is 2.70. The highest BCUT2D eigenvalue weighted by Crippen LogP contribution is 2.22. The van der Waals surface area contributed by atoms with Crippen molar-refractivity contribution in [1.82, 2.24) is 4.90 Å². The van der Waals surface area contributed by atoms with Crippen LogP contribution in [0, 0.1) is 0 Å². The molecule has 1 aromatic rings. The molecule has 0 spiro atoms. The van der Waals surface area contributed by atoms with Gasteiger partial charge >= 0.3 is 0 Å². The number of rotatable bonds is 4. The Morgan fingerprint density at radius 3 is 2.41 bits per heavy atom. The van der Waals surface area contributed by atoms with Crippen molar-refractivity contribution in [2.24, 2.45) is 0 Å². The minimum Gasteiger partial charge on any atom is -0.492 e. The third kappa shape index (κ3) is 3.47. The Hall–Kier alpha value is -1.02. The highest BCUT2D eigenvalue weighted by atomic mass is 16.5. The van der Waals surface area contributed by atoms with Crippen molar-refractivity contribution in [2.45, 2.75) is 45.2 Å². The fourth-order valence-corrected chi connectivity index (χ4v) is 2.70. The van der Waals surface area contributed by atoms with E-state index in [0.717, 1.165) is 18.9 Å². The minimum absolute atomic E-state index is 0.707. The highest BCUT2D eigenvalue weighted by Gasteiger charge is 2.23. The van der Waals surface area contributed by atoms with Crippen molar-refractivity contribution in [3.63, 3.8) is 0 Å². The van der Waals surface area contributed by atoms with Crippen molar-refractivity contribution in [2.75, 3.05) is 13.2 Å². The summed E-state index contributed by atoms with van der Waals surface area (Å²) in [5.74, 6) is 0.977. The topological polar surface area (TPSA) is 12.5 Å². The average Bonchev–Trinajstić information content (AvgIpc) is 2.34. The second-order valence-corrected chi connectivity index (χ2v) is 5.03. The third-order valence-electron chi connectivity index (χ3n) is 3.74. The van der Waals surface area contributed by atoms with Gasteiger partial charge in [-0.05, 0) is 38.8 Å². The van der Waals surface area contributed by atoms with Crippen LogP contribution in [0.2, 0.25) is 0 Å². The van der Waals surface area contributed by atoms with Gasteiger partial charge in [0, 0.05) is 18.6 Å². The van der Waals surface area contributed by atoms with E-state index in [1.54, 1.807) is 0 Å². The van der Waals surface area contributed by atoms with E-state index in [0.29, 0.717) is 12.1 Å². The van der Waals surface area contributed by atoms with E-state index in [1.165, 1.54) is 19.3 Å². The standard InChI is InChI=1S/C15H23NO/c1-13-7-6-8-14(2)16(13)11-12-17-15-9-4-3-5-10-15/h3-5,9-10,13-14H,6-8,11-12H2,1-2H3/t13-,14+. The maximum atomic E-state index is 5.76. The van der Waals surface area contributed by atoms with Gasteiger partial charge in [0.15, 0.2) is 0 Å². The normalized spacial score (nSPS) is 25.8. The van der Waals surface area contributed by atoms with Crippen LogP contribution in [0.25, 0.3) is 0 Å². The summed E-state index contributed by atoms with van der Waals surface area (Å²) < 4.78 is 5.76. The van der Waals surface area contributed by atoms with Crippen LogP contribution in [0.5, 0.6) is 5.75 Å². The SMILES string of the molecule is C[C@@H]1CCC[C@H](C)N1CCOc1ccccc1. The number of para-hydroxylation sites is 1. The zero-order chi connectivity index (χ0) is 12.1. The summed E-state index contributed by atoms with van der Waals surface area (Å²) in [6.07, 6.45) is 4.03. The van der Waals surface area contributed by atoms with Crippen LogP contribution in [0.3, 0.4) is 0 Å². The van der Waals surface area contributed by atoms with Crippen LogP contribution >= 0.6 is 0 Å². The van der Waals surface area contributed by atoms with Gasteiger partial charge < -0.3 is 4.74 Å². The lowest BCUT2D eigenvalue weighted by Gasteiger charge is -2.38. The lowest BCUT2D eigenvalue weighted by atomic mass is 9.98. The molecule has 2 atom stereocenters. The number of benzene rings is 1. The monoisotopic (exact) mass is 233 g/mol. The Kier molecular flexibility index (Phi) is 4.43. The van der Waals surface area contributed by atoms with Gasteiger partial charge in [-0.15, -0.1) is 0 Å². The van der Waals surface area contributed by atoms with Crippen LogP contribution < -0.4 is 4.74 Å². The predicted octanol–water partition coefficient (Wildman–Crippen LogP) is 3.33. The molecular formula is C15H23NO. The molecule has 0 unspecified atom stereocenters. The average molecular weight is 233 g/mol. The molecule has 1 aromatic carbocycles. The van der Waals surface area contributed by atoms with E-state index in [-0.39, 0.29) is 0 Å². The Labute approximate surface area is 105 Å². The van der Waals surface area contributed by atoms with Gasteiger partial charge in [0.25, 0.3) is 0 Å². The van der Waals surface area contributed by atoms with Crippen molar-refractivity contribution in [1.29, 1.82) is 0 Å². The number of piperidine rings is 1. The van der Waals surface area contributed by atoms with Crippen LogP contribution in [0.1, 0.15) is 33.1 Å². The van der Waals surface area contributed by atoms with Crippen LogP contribution in [-0.2, 0) is 0 Å². The summed E-state index contributed by atoms with van der Waals surface area (Å²) >= 11 is 0. The Bertz CT molecular complexity index is 315. The summed E-state index contributed by atoms with van der Waals surface area (Å²) in [6, 6.07) is 11.5. The Morgan fingerprint density at radius 2 is 1.76 bits per heavy atom. The molecular weight excluding hydrogens is 210 g/mol. The van der Waals surface area contributed by atoms with Gasteiger partial charge in [-0.2, -0.15) is 0 Å². The molecule has 1 heterocycles. The molecule has 1 aliphatic rings. The largest absolute Gasteiger partial charge is 0.492 e. The van der Waals surface area contributed by atoms with Crippen LogP contribution in [-0.4, -0.2) is 30.1 Å². The molecule has 2 heteroatoms. The minimum atomic E-state index is 0.707. The number of nitrogens with zero attached hydrogens (tertiary/aromatic N) is 1. The first-order valence-electron chi connectivity index (χ1n) is 6.71. The van der Waals surface area contributed by atoms with Gasteiger partial charge in [0.2, 0.25) is 0 Å². The lowest BCUT2D eigenvalue weighted by Crippen LogP contribution is -2.45. The molecule has 0 N–H and O–H groups in total. The Morgan fingerprint density at radius 1 is 1.12 bits per heavy atom. The number of ether oxygens (including phenoxy) is 1. The molecule has 94 valence electrons. The van der Waals surface area contributed by atoms with Crippen LogP contribution in [0.4, 0.5) is 0 Å². The third-order valence-corrected chi connectivity index (χ3v) is 3.74. The molecule has 2 rings (SSSR count). The number of hydrogen-bond donors (Lipinski definition) is 0. The second kappa shape index (κ2) is 6.06. The summed E-state index contributed by atoms with van der Waals surface area (Å²) in [7, 11) is 0. The molecule has 1 fully saturated rings. The van der Waals surface area contributed by atoms with Gasteiger partial charge in [0.1, 0.15) is 12.4 Å². The van der Waals surface area contributed by atoms with Gasteiger partial charge in [-0.1, -0.05) is 24.6 Å². The molecule has 0 aliphatic carbocycles. The zero-order valence-electron chi connectivity index (χ0n) is 10.9. The molecule has 1 aliphatic heterocycles. The maximum absolute atomic E-state index is 5.76. The van der Waals surface area contributed by atoms with E-state index in [9.17, 15) is 0 Å². The maximum Gasteiger partial charge on any atom is 0.119 e. The fraction of sp³-hybridized carbons (Fsp3) is 0.600. The van der Waals surface area contributed by atoms with E-state index in [4.69, 9.17) is 4.74 Å². The van der Waals surface area contributed by atoms with Gasteiger partial charge in [-0.25, -0.2) is 0 Å². The van der Waals surface area contributed by atoms with Gasteiger partial charge in [0.05, 0.1) is 0 Å². The molecule has 0 bridgehead atoms. The lowest BCUT2D eigenvalue weighted by molar-refractivity contribution is 0.0851. The van der Waals surface area contributed by atoms with E-state index < -0.39 is 0 Å². The van der Waals surface area contributed by atoms with Crippen molar-refractivity contribution in [3.05, 3.63) is 30.3 Å². The second-order valence-electron chi connectivity index (χ2n) is 5.03. The van der Waals surface area contributed by atoms with Crippen molar-refractivity contribution < 1.29 is 4.74 Å². The first kappa shape index (κ1) is 12.4. The first-order chi connectivity index (χ1) is 8.27. The number of likely N-dealkylation sites (tertiary alicyclic amines) is 1. The molecule has 0 aromatic heterocycles. The number of hydrogen-bond acceptors (Lipinski definition) is 2. The van der Waals surface area contributed by atoms with Gasteiger partial charge in [-0.3, -0.25) is 4.90 Å². The zero-order valence-corrected chi connectivity index (χ0v) is 10.9. The quantitative estimate of drug-likeness (QED) is 0.791. The van der Waals surface area contributed by atoms with Crippen molar-refractivity contribution in [3.8, 4) is 5.75 Å². The molecule has 0 saturated carbocycles. The van der Waals surface area contributed by atoms with E-state index in [1.807, 2.05) is 30.3 Å². The van der Waals surface area contributed by atoms with Crippen molar-refractivity contribution >= 4 is 0 Å². The molecule has 17 heavy (non-hydrogen) atoms. The first-order valence-corrected chi connectivity index (χ1v) is 6.71. The summed E-state index contributed by atoms with van der Waals surface area (Å²) in [5.41, 5.74) is 0. The van der Waals surface area contributed by atoms with E-state index >= 15 is 0 Å². The summed E-state index contributed by atoms with van der Waals surface area (Å²) in [4.78, 5) is 2.58. The summed E-state index contributed by atoms with van der Waals surface area (Å²) in [6.45, 7) is 6.49. The molecule has 2 nitrogen and oxygen atoms in total. The Balaban J connectivity index is 1.77. The van der Waals surface area contributed by atoms with Crippen LogP contribution in [0.15, 0.2) is 30.3 Å². The van der Waals surface area contributed by atoms with E-state index in [2.05, 4.69) is 18.7 Å². The molecule has 0 radical (unpaired) electrons. The summed E-state index contributed by atoms with van der Waals surface area (Å²) in [5, 5.41) is 0. The smallest absolute Gasteiger partial charge is 0.119 e. The molecule has 1 saturated heterocycles. The highest BCUT2D eigenvalue weighted by molar-refractivity contribution is 5.20. The predicted molar refractivity (Wildman–Crippen MR) is 71.4 cm³/mol. The molecule has 0 amide bonds.